The standard InChI is InChI=1S/C18H23NO3/c1-3-21-12-13-22-18-7-5-4-6-15(18)14-19-16-8-10-17(20-2)11-9-16/h4-11,19H,3,12-14H2,1-2H3. The molecular weight excluding hydrogens is 278 g/mol. The third-order valence-electron chi connectivity index (χ3n) is 3.23. The van der Waals surface area contributed by atoms with Crippen LogP contribution in [0, 0.1) is 0 Å². The van der Waals surface area contributed by atoms with Gasteiger partial charge in [0.25, 0.3) is 0 Å². The van der Waals surface area contributed by atoms with E-state index in [0.29, 0.717) is 26.4 Å². The van der Waals surface area contributed by atoms with E-state index in [1.165, 1.54) is 0 Å². The Morgan fingerprint density at radius 2 is 1.73 bits per heavy atom. The van der Waals surface area contributed by atoms with Crippen molar-refractivity contribution in [1.82, 2.24) is 0 Å². The van der Waals surface area contributed by atoms with Crippen LogP contribution >= 0.6 is 0 Å². The van der Waals surface area contributed by atoms with Crippen molar-refractivity contribution in [2.75, 3.05) is 32.2 Å². The average Bonchev–Trinajstić information content (AvgIpc) is 2.58. The molecule has 4 nitrogen and oxygen atoms in total. The smallest absolute Gasteiger partial charge is 0.124 e. The molecule has 0 saturated heterocycles. The van der Waals surface area contributed by atoms with E-state index in [1.54, 1.807) is 7.11 Å². The van der Waals surface area contributed by atoms with Gasteiger partial charge in [-0.05, 0) is 37.3 Å². The summed E-state index contributed by atoms with van der Waals surface area (Å²) in [7, 11) is 1.66. The highest BCUT2D eigenvalue weighted by Crippen LogP contribution is 2.20. The van der Waals surface area contributed by atoms with Crippen molar-refractivity contribution < 1.29 is 14.2 Å². The first-order valence-electron chi connectivity index (χ1n) is 7.50. The van der Waals surface area contributed by atoms with Gasteiger partial charge in [-0.2, -0.15) is 0 Å². The predicted molar refractivity (Wildman–Crippen MR) is 88.8 cm³/mol. The van der Waals surface area contributed by atoms with Gasteiger partial charge in [0, 0.05) is 24.4 Å². The van der Waals surface area contributed by atoms with E-state index in [1.807, 2.05) is 49.4 Å². The van der Waals surface area contributed by atoms with Crippen LogP contribution in [0.1, 0.15) is 12.5 Å². The molecule has 0 unspecified atom stereocenters. The molecule has 118 valence electrons. The minimum atomic E-state index is 0.563. The highest BCUT2D eigenvalue weighted by molar-refractivity contribution is 5.47. The van der Waals surface area contributed by atoms with Crippen LogP contribution < -0.4 is 14.8 Å². The van der Waals surface area contributed by atoms with Crippen LogP contribution in [0.25, 0.3) is 0 Å². The summed E-state index contributed by atoms with van der Waals surface area (Å²) in [6.45, 7) is 4.57. The average molecular weight is 301 g/mol. The van der Waals surface area contributed by atoms with Crippen LogP contribution in [-0.4, -0.2) is 26.9 Å². The second kappa shape index (κ2) is 8.95. The van der Waals surface area contributed by atoms with Gasteiger partial charge in [-0.25, -0.2) is 0 Å². The molecule has 0 spiro atoms. The highest BCUT2D eigenvalue weighted by atomic mass is 16.5. The lowest BCUT2D eigenvalue weighted by molar-refractivity contribution is 0.110. The molecule has 1 N–H and O–H groups in total. The molecule has 0 saturated carbocycles. The third kappa shape index (κ3) is 4.97. The summed E-state index contributed by atoms with van der Waals surface area (Å²) in [5.74, 6) is 1.74. The SMILES string of the molecule is CCOCCOc1ccccc1CNc1ccc(OC)cc1. The Labute approximate surface area is 132 Å². The maximum Gasteiger partial charge on any atom is 0.124 e. The molecule has 4 heteroatoms. The van der Waals surface area contributed by atoms with Crippen molar-refractivity contribution in [3.8, 4) is 11.5 Å². The number of rotatable bonds is 9. The monoisotopic (exact) mass is 301 g/mol. The fourth-order valence-electron chi connectivity index (χ4n) is 2.05. The molecule has 0 aliphatic heterocycles. The minimum Gasteiger partial charge on any atom is -0.497 e. The number of benzene rings is 2. The molecule has 0 aromatic heterocycles. The van der Waals surface area contributed by atoms with Gasteiger partial charge >= 0.3 is 0 Å². The largest absolute Gasteiger partial charge is 0.497 e. The number of methoxy groups -OCH3 is 1. The first kappa shape index (κ1) is 16.2. The molecule has 0 amide bonds. The second-order valence-electron chi connectivity index (χ2n) is 4.74. The van der Waals surface area contributed by atoms with Crippen LogP contribution in [0.5, 0.6) is 11.5 Å². The lowest BCUT2D eigenvalue weighted by Crippen LogP contribution is -2.09. The van der Waals surface area contributed by atoms with E-state index in [9.17, 15) is 0 Å². The summed E-state index contributed by atoms with van der Waals surface area (Å²) in [6, 6.07) is 15.9. The molecule has 0 aliphatic carbocycles. The van der Waals surface area contributed by atoms with Gasteiger partial charge < -0.3 is 19.5 Å². The molecule has 2 rings (SSSR count). The van der Waals surface area contributed by atoms with Gasteiger partial charge in [-0.15, -0.1) is 0 Å². The van der Waals surface area contributed by atoms with Crippen molar-refractivity contribution in [2.45, 2.75) is 13.5 Å². The zero-order valence-corrected chi connectivity index (χ0v) is 13.2. The zero-order chi connectivity index (χ0) is 15.6. The van der Waals surface area contributed by atoms with Crippen molar-refractivity contribution >= 4 is 5.69 Å². The van der Waals surface area contributed by atoms with Crippen LogP contribution in [0.4, 0.5) is 5.69 Å². The van der Waals surface area contributed by atoms with Crippen molar-refractivity contribution in [2.24, 2.45) is 0 Å². The number of hydrogen-bond acceptors (Lipinski definition) is 4. The summed E-state index contributed by atoms with van der Waals surface area (Å²) >= 11 is 0. The van der Waals surface area contributed by atoms with Crippen molar-refractivity contribution in [1.29, 1.82) is 0 Å². The molecule has 0 heterocycles. The highest BCUT2D eigenvalue weighted by Gasteiger charge is 2.03. The molecule has 0 radical (unpaired) electrons. The number of ether oxygens (including phenoxy) is 3. The summed E-state index contributed by atoms with van der Waals surface area (Å²) in [5, 5.41) is 3.39. The molecule has 0 aliphatic rings. The summed E-state index contributed by atoms with van der Waals surface area (Å²) in [6.07, 6.45) is 0. The molecule has 2 aromatic carbocycles. The maximum atomic E-state index is 5.78. The number of para-hydroxylation sites is 1. The Bertz CT molecular complexity index is 555. The van der Waals surface area contributed by atoms with Crippen LogP contribution in [0.2, 0.25) is 0 Å². The molecular formula is C18H23NO3. The van der Waals surface area contributed by atoms with E-state index in [4.69, 9.17) is 14.2 Å². The van der Waals surface area contributed by atoms with Crippen LogP contribution in [0.15, 0.2) is 48.5 Å². The quantitative estimate of drug-likeness (QED) is 0.717. The molecule has 0 atom stereocenters. The summed E-state index contributed by atoms with van der Waals surface area (Å²) in [5.41, 5.74) is 2.17. The zero-order valence-electron chi connectivity index (χ0n) is 13.2. The Kier molecular flexibility index (Phi) is 6.58. The normalized spacial score (nSPS) is 10.3. The van der Waals surface area contributed by atoms with E-state index in [2.05, 4.69) is 11.4 Å². The minimum absolute atomic E-state index is 0.563. The van der Waals surface area contributed by atoms with Gasteiger partial charge in [0.15, 0.2) is 0 Å². The van der Waals surface area contributed by atoms with Gasteiger partial charge in [0.1, 0.15) is 18.1 Å². The maximum absolute atomic E-state index is 5.78. The Hall–Kier alpha value is -2.20. The Balaban J connectivity index is 1.91. The van der Waals surface area contributed by atoms with Crippen molar-refractivity contribution in [3.05, 3.63) is 54.1 Å². The van der Waals surface area contributed by atoms with Crippen molar-refractivity contribution in [3.63, 3.8) is 0 Å². The summed E-state index contributed by atoms with van der Waals surface area (Å²) < 4.78 is 16.2. The first-order chi connectivity index (χ1) is 10.8. The van der Waals surface area contributed by atoms with Crippen LogP contribution in [-0.2, 0) is 11.3 Å². The predicted octanol–water partition coefficient (Wildman–Crippen LogP) is 3.72. The number of anilines is 1. The number of hydrogen-bond donors (Lipinski definition) is 1. The third-order valence-corrected chi connectivity index (χ3v) is 3.23. The molecule has 0 bridgehead atoms. The Morgan fingerprint density at radius 3 is 2.45 bits per heavy atom. The number of nitrogens with one attached hydrogen (secondary N) is 1. The van der Waals surface area contributed by atoms with E-state index in [0.717, 1.165) is 22.7 Å². The molecule has 0 fully saturated rings. The van der Waals surface area contributed by atoms with E-state index in [-0.39, 0.29) is 0 Å². The second-order valence-corrected chi connectivity index (χ2v) is 4.74. The fourth-order valence-corrected chi connectivity index (χ4v) is 2.05. The topological polar surface area (TPSA) is 39.7 Å². The molecule has 2 aromatic rings. The fraction of sp³-hybridized carbons (Fsp3) is 0.333. The lowest BCUT2D eigenvalue weighted by atomic mass is 10.2. The lowest BCUT2D eigenvalue weighted by Gasteiger charge is -2.13. The van der Waals surface area contributed by atoms with E-state index < -0.39 is 0 Å². The Morgan fingerprint density at radius 1 is 0.955 bits per heavy atom. The van der Waals surface area contributed by atoms with Gasteiger partial charge in [-0.1, -0.05) is 18.2 Å². The van der Waals surface area contributed by atoms with E-state index >= 15 is 0 Å². The van der Waals surface area contributed by atoms with Gasteiger partial charge in [0.05, 0.1) is 13.7 Å². The first-order valence-corrected chi connectivity index (χ1v) is 7.50. The molecule has 22 heavy (non-hydrogen) atoms. The summed E-state index contributed by atoms with van der Waals surface area (Å²) in [4.78, 5) is 0. The van der Waals surface area contributed by atoms with Gasteiger partial charge in [-0.3, -0.25) is 0 Å². The van der Waals surface area contributed by atoms with Gasteiger partial charge in [0.2, 0.25) is 0 Å². The van der Waals surface area contributed by atoms with Crippen LogP contribution in [0.3, 0.4) is 0 Å².